The number of nitrogens with two attached hydrogens (primary N) is 1. The molecule has 0 aliphatic carbocycles. The number of hydrazine groups is 1. The van der Waals surface area contributed by atoms with E-state index < -0.39 is 0 Å². The summed E-state index contributed by atoms with van der Waals surface area (Å²) in [7, 11) is 0. The first-order chi connectivity index (χ1) is 8.62. The van der Waals surface area contributed by atoms with Crippen molar-refractivity contribution in [1.29, 1.82) is 5.26 Å². The number of rotatable bonds is 6. The van der Waals surface area contributed by atoms with E-state index in [4.69, 9.17) is 15.5 Å². The Morgan fingerprint density at radius 1 is 1.72 bits per heavy atom. The zero-order valence-corrected chi connectivity index (χ0v) is 10.6. The first-order valence-corrected chi connectivity index (χ1v) is 5.81. The van der Waals surface area contributed by atoms with Gasteiger partial charge in [0.2, 0.25) is 0 Å². The molecule has 0 aliphatic rings. The van der Waals surface area contributed by atoms with Crippen LogP contribution in [0.1, 0.15) is 30.0 Å². The highest BCUT2D eigenvalue weighted by Crippen LogP contribution is 2.14. The number of nitrogens with one attached hydrogen (secondary N) is 1. The van der Waals surface area contributed by atoms with E-state index in [1.807, 2.05) is 18.7 Å². The summed E-state index contributed by atoms with van der Waals surface area (Å²) in [5.74, 6) is 5.22. The number of carbonyl (C=O) groups excluding carboxylic acids is 1. The predicted molar refractivity (Wildman–Crippen MR) is 66.1 cm³/mol. The molecule has 18 heavy (non-hydrogen) atoms. The lowest BCUT2D eigenvalue weighted by molar-refractivity contribution is 0.0949. The highest BCUT2D eigenvalue weighted by molar-refractivity contribution is 5.94. The fraction of sp³-hybridized carbons (Fsp3) is 0.500. The largest absolute Gasteiger partial charge is 0.467 e. The number of hydrogen-bond acceptors (Lipinski definition) is 5. The van der Waals surface area contributed by atoms with Gasteiger partial charge in [-0.2, -0.15) is 5.26 Å². The van der Waals surface area contributed by atoms with Gasteiger partial charge < -0.3 is 4.42 Å². The van der Waals surface area contributed by atoms with Crippen molar-refractivity contribution >= 4 is 5.91 Å². The number of amides is 1. The molecule has 3 N–H and O–H groups in total. The molecular weight excluding hydrogens is 232 g/mol. The zero-order chi connectivity index (χ0) is 13.5. The smallest absolute Gasteiger partial charge is 0.268 e. The lowest BCUT2D eigenvalue weighted by Crippen LogP contribution is -2.32. The van der Waals surface area contributed by atoms with Crippen molar-refractivity contribution in [3.05, 3.63) is 23.7 Å². The molecule has 1 rings (SSSR count). The lowest BCUT2D eigenvalue weighted by Gasteiger charge is -2.20. The lowest BCUT2D eigenvalue weighted by atomic mass is 10.1. The van der Waals surface area contributed by atoms with Crippen molar-refractivity contribution in [2.45, 2.75) is 20.4 Å². The van der Waals surface area contributed by atoms with E-state index in [1.165, 1.54) is 6.26 Å². The average Bonchev–Trinajstić information content (AvgIpc) is 2.84. The SMILES string of the molecule is CCN(Cc1occc1C(=O)NN)CC(C)C#N. The van der Waals surface area contributed by atoms with E-state index in [1.54, 1.807) is 6.07 Å². The third kappa shape index (κ3) is 3.58. The van der Waals surface area contributed by atoms with Crippen LogP contribution in [0.5, 0.6) is 0 Å². The predicted octanol–water partition coefficient (Wildman–Crippen LogP) is 0.865. The fourth-order valence-electron chi connectivity index (χ4n) is 1.68. The van der Waals surface area contributed by atoms with E-state index in [2.05, 4.69) is 11.5 Å². The number of hydrogen-bond donors (Lipinski definition) is 2. The molecule has 1 heterocycles. The Hall–Kier alpha value is -1.84. The Bertz CT molecular complexity index is 436. The van der Waals surface area contributed by atoms with Crippen LogP contribution in [0.2, 0.25) is 0 Å². The Morgan fingerprint density at radius 2 is 2.44 bits per heavy atom. The monoisotopic (exact) mass is 250 g/mol. The third-order valence-corrected chi connectivity index (χ3v) is 2.69. The molecule has 1 amide bonds. The number of nitriles is 1. The molecule has 1 atom stereocenters. The maximum absolute atomic E-state index is 11.5. The Morgan fingerprint density at radius 3 is 3.00 bits per heavy atom. The second-order valence-corrected chi connectivity index (χ2v) is 4.09. The summed E-state index contributed by atoms with van der Waals surface area (Å²) in [4.78, 5) is 13.5. The third-order valence-electron chi connectivity index (χ3n) is 2.69. The molecule has 0 saturated heterocycles. The molecule has 0 spiro atoms. The fourth-order valence-corrected chi connectivity index (χ4v) is 1.68. The first kappa shape index (κ1) is 14.2. The van der Waals surface area contributed by atoms with Crippen molar-refractivity contribution < 1.29 is 9.21 Å². The van der Waals surface area contributed by atoms with Gasteiger partial charge in [0.25, 0.3) is 5.91 Å². The van der Waals surface area contributed by atoms with Crippen LogP contribution >= 0.6 is 0 Å². The first-order valence-electron chi connectivity index (χ1n) is 5.81. The van der Waals surface area contributed by atoms with E-state index in [-0.39, 0.29) is 11.8 Å². The molecule has 1 aromatic heterocycles. The standard InChI is InChI=1S/C12H18N4O2/c1-3-16(7-9(2)6-13)8-11-10(4-5-18-11)12(17)15-14/h4-5,9H,3,7-8,14H2,1-2H3,(H,15,17). The number of nitrogens with zero attached hydrogens (tertiary/aromatic N) is 2. The van der Waals surface area contributed by atoms with Crippen LogP contribution in [0.3, 0.4) is 0 Å². The minimum Gasteiger partial charge on any atom is -0.467 e. The zero-order valence-electron chi connectivity index (χ0n) is 10.6. The Labute approximate surface area is 106 Å². The van der Waals surface area contributed by atoms with Crippen molar-refractivity contribution in [2.75, 3.05) is 13.1 Å². The molecule has 6 nitrogen and oxygen atoms in total. The summed E-state index contributed by atoms with van der Waals surface area (Å²) in [6.07, 6.45) is 1.46. The second kappa shape index (κ2) is 6.79. The molecule has 1 aromatic rings. The van der Waals surface area contributed by atoms with Gasteiger partial charge >= 0.3 is 0 Å². The topological polar surface area (TPSA) is 95.3 Å². The molecule has 6 heteroatoms. The van der Waals surface area contributed by atoms with Gasteiger partial charge in [0.05, 0.1) is 30.4 Å². The van der Waals surface area contributed by atoms with Crippen LogP contribution in [0.15, 0.2) is 16.7 Å². The van der Waals surface area contributed by atoms with Crippen molar-refractivity contribution in [2.24, 2.45) is 11.8 Å². The molecule has 0 radical (unpaired) electrons. The van der Waals surface area contributed by atoms with Gasteiger partial charge in [0.1, 0.15) is 5.76 Å². The summed E-state index contributed by atoms with van der Waals surface area (Å²) < 4.78 is 5.29. The van der Waals surface area contributed by atoms with Gasteiger partial charge in [0, 0.05) is 6.54 Å². The number of carbonyl (C=O) groups is 1. The van der Waals surface area contributed by atoms with Crippen molar-refractivity contribution in [3.63, 3.8) is 0 Å². The highest BCUT2D eigenvalue weighted by Gasteiger charge is 2.17. The quantitative estimate of drug-likeness (QED) is 0.443. The molecule has 0 aromatic carbocycles. The van der Waals surface area contributed by atoms with Crippen LogP contribution < -0.4 is 11.3 Å². The van der Waals surface area contributed by atoms with Crippen LogP contribution in [-0.2, 0) is 6.54 Å². The van der Waals surface area contributed by atoms with Gasteiger partial charge in [0.15, 0.2) is 0 Å². The van der Waals surface area contributed by atoms with Crippen molar-refractivity contribution in [1.82, 2.24) is 10.3 Å². The van der Waals surface area contributed by atoms with Gasteiger partial charge in [-0.05, 0) is 19.5 Å². The van der Waals surface area contributed by atoms with Crippen LogP contribution in [0, 0.1) is 17.2 Å². The molecule has 0 aliphatic heterocycles. The maximum Gasteiger partial charge on any atom is 0.268 e. The normalized spacial score (nSPS) is 12.2. The van der Waals surface area contributed by atoms with E-state index in [9.17, 15) is 4.79 Å². The van der Waals surface area contributed by atoms with Crippen LogP contribution in [0.4, 0.5) is 0 Å². The molecule has 0 bridgehead atoms. The average molecular weight is 250 g/mol. The maximum atomic E-state index is 11.5. The van der Waals surface area contributed by atoms with Crippen LogP contribution in [-0.4, -0.2) is 23.9 Å². The molecular formula is C12H18N4O2. The van der Waals surface area contributed by atoms with E-state index in [0.29, 0.717) is 24.4 Å². The van der Waals surface area contributed by atoms with E-state index >= 15 is 0 Å². The van der Waals surface area contributed by atoms with Gasteiger partial charge in [-0.15, -0.1) is 0 Å². The summed E-state index contributed by atoms with van der Waals surface area (Å²) in [5, 5.41) is 8.81. The second-order valence-electron chi connectivity index (χ2n) is 4.09. The summed E-state index contributed by atoms with van der Waals surface area (Å²) in [6, 6.07) is 3.77. The highest BCUT2D eigenvalue weighted by atomic mass is 16.3. The Balaban J connectivity index is 2.74. The summed E-state index contributed by atoms with van der Waals surface area (Å²) in [5.41, 5.74) is 2.51. The van der Waals surface area contributed by atoms with Gasteiger partial charge in [-0.3, -0.25) is 15.1 Å². The molecule has 0 fully saturated rings. The summed E-state index contributed by atoms with van der Waals surface area (Å²) in [6.45, 7) is 5.75. The number of nitrogen functional groups attached to an aromatic ring is 1. The molecule has 1 unspecified atom stereocenters. The number of furan rings is 1. The van der Waals surface area contributed by atoms with Gasteiger partial charge in [-0.25, -0.2) is 5.84 Å². The minimum atomic E-state index is -0.372. The molecule has 98 valence electrons. The van der Waals surface area contributed by atoms with Crippen molar-refractivity contribution in [3.8, 4) is 6.07 Å². The minimum absolute atomic E-state index is 0.0632. The molecule has 0 saturated carbocycles. The van der Waals surface area contributed by atoms with Crippen LogP contribution in [0.25, 0.3) is 0 Å². The summed E-state index contributed by atoms with van der Waals surface area (Å²) >= 11 is 0. The van der Waals surface area contributed by atoms with E-state index in [0.717, 1.165) is 6.54 Å². The Kier molecular flexibility index (Phi) is 5.36. The van der Waals surface area contributed by atoms with Gasteiger partial charge in [-0.1, -0.05) is 6.92 Å².